The quantitative estimate of drug-likeness (QED) is 0.353. The van der Waals surface area contributed by atoms with Crippen molar-refractivity contribution in [2.45, 2.75) is 70.9 Å². The number of nitrogens with two attached hydrogens (primary N) is 1. The molecule has 3 N–H and O–H groups in total. The first-order valence-corrected chi connectivity index (χ1v) is 15.7. The summed E-state index contributed by atoms with van der Waals surface area (Å²) in [5.74, 6) is 0.559. The summed E-state index contributed by atoms with van der Waals surface area (Å²) in [5.41, 5.74) is 10.0. The molecule has 3 heterocycles. The maximum atomic E-state index is 13.2. The summed E-state index contributed by atoms with van der Waals surface area (Å²) < 4.78 is 1.96. The van der Waals surface area contributed by atoms with Crippen molar-refractivity contribution in [2.24, 2.45) is 17.6 Å². The number of carbonyl (C=O) groups excluding carboxylic acids is 2. The van der Waals surface area contributed by atoms with Gasteiger partial charge in [0.25, 0.3) is 0 Å². The highest BCUT2D eigenvalue weighted by Crippen LogP contribution is 2.44. The van der Waals surface area contributed by atoms with E-state index in [9.17, 15) is 14.7 Å². The lowest BCUT2D eigenvalue weighted by molar-refractivity contribution is -0.134. The Bertz CT molecular complexity index is 1210. The maximum absolute atomic E-state index is 13.2. The molecule has 3 atom stereocenters. The van der Waals surface area contributed by atoms with Gasteiger partial charge in [-0.15, -0.1) is 0 Å². The molecule has 0 bridgehead atoms. The number of primary amides is 1. The first-order chi connectivity index (χ1) is 18.6. The fraction of sp³-hybridized carbons (Fsp3) is 0.552. The first-order valence-electron chi connectivity index (χ1n) is 13.7. The molecule has 1 aromatic carbocycles. The lowest BCUT2D eigenvalue weighted by atomic mass is 9.75. The van der Waals surface area contributed by atoms with Gasteiger partial charge in [0.15, 0.2) is 0 Å². The van der Waals surface area contributed by atoms with Gasteiger partial charge in [0, 0.05) is 52.1 Å². The van der Waals surface area contributed by atoms with E-state index in [0.717, 1.165) is 50.9 Å². The van der Waals surface area contributed by atoms with E-state index in [-0.39, 0.29) is 17.7 Å². The molecule has 7 nitrogen and oxygen atoms in total. The molecule has 0 radical (unpaired) electrons. The third-order valence-electron chi connectivity index (χ3n) is 8.18. The molecule has 10 heteroatoms. The zero-order valence-electron chi connectivity index (χ0n) is 22.5. The minimum absolute atomic E-state index is 0.0461. The van der Waals surface area contributed by atoms with E-state index in [0.29, 0.717) is 44.8 Å². The Hall–Kier alpha value is -1.68. The molecule has 3 unspecified atom stereocenters. The number of hydrogen-bond donors (Lipinski definition) is 2. The predicted molar refractivity (Wildman–Crippen MR) is 161 cm³/mol. The molecule has 3 amide bonds. The Balaban J connectivity index is 1.52. The van der Waals surface area contributed by atoms with E-state index in [2.05, 4.69) is 57.8 Å². The number of pyridine rings is 1. The van der Waals surface area contributed by atoms with Gasteiger partial charge in [-0.2, -0.15) is 0 Å². The molecule has 2 aliphatic heterocycles. The van der Waals surface area contributed by atoms with Gasteiger partial charge in [0.05, 0.1) is 5.69 Å². The van der Waals surface area contributed by atoms with Crippen LogP contribution in [0.4, 0.5) is 4.79 Å². The van der Waals surface area contributed by atoms with Crippen molar-refractivity contribution >= 4 is 55.4 Å². The molecule has 0 saturated carbocycles. The van der Waals surface area contributed by atoms with Gasteiger partial charge in [-0.05, 0) is 102 Å². The van der Waals surface area contributed by atoms with Gasteiger partial charge in [-0.3, -0.25) is 14.7 Å². The number of amides is 3. The van der Waals surface area contributed by atoms with Crippen LogP contribution in [0.25, 0.3) is 0 Å². The predicted octanol–water partition coefficient (Wildman–Crippen LogP) is 6.39. The molecule has 0 aliphatic carbocycles. The van der Waals surface area contributed by atoms with Crippen molar-refractivity contribution in [1.29, 1.82) is 0 Å². The van der Waals surface area contributed by atoms with Crippen LogP contribution in [-0.2, 0) is 11.2 Å². The minimum atomic E-state index is -0.919. The largest absolute Gasteiger partial charge is 0.373 e. The summed E-state index contributed by atoms with van der Waals surface area (Å²) in [6.07, 6.45) is 6.07. The second-order valence-corrected chi connectivity index (χ2v) is 13.1. The number of aromatic nitrogens is 1. The molecule has 0 spiro atoms. The Morgan fingerprint density at radius 3 is 2.51 bits per heavy atom. The second kappa shape index (κ2) is 13.3. The maximum Gasteiger partial charge on any atom is 0.316 e. The average Bonchev–Trinajstić information content (AvgIpc) is 2.87. The summed E-state index contributed by atoms with van der Waals surface area (Å²) in [4.78, 5) is 32.8. The molecule has 2 aliphatic rings. The normalized spacial score (nSPS) is 21.2. The number of aliphatic hydroxyl groups is 1. The van der Waals surface area contributed by atoms with Crippen molar-refractivity contribution < 1.29 is 14.7 Å². The van der Waals surface area contributed by atoms with Crippen LogP contribution in [0.3, 0.4) is 0 Å². The molecule has 2 fully saturated rings. The molecular formula is C29H37Br2ClN4O3. The number of halogens is 3. The van der Waals surface area contributed by atoms with E-state index in [1.807, 2.05) is 17.2 Å². The van der Waals surface area contributed by atoms with Gasteiger partial charge in [-0.1, -0.05) is 40.9 Å². The average molecular weight is 685 g/mol. The lowest BCUT2D eigenvalue weighted by Gasteiger charge is -2.39. The summed E-state index contributed by atoms with van der Waals surface area (Å²) >= 11 is 13.9. The molecular weight excluding hydrogens is 648 g/mol. The molecule has 4 rings (SSSR count). The van der Waals surface area contributed by atoms with Crippen LogP contribution in [0.5, 0.6) is 0 Å². The monoisotopic (exact) mass is 682 g/mol. The van der Waals surface area contributed by atoms with Crippen LogP contribution in [0, 0.1) is 18.8 Å². The van der Waals surface area contributed by atoms with E-state index in [4.69, 9.17) is 22.3 Å². The highest BCUT2D eigenvalue weighted by atomic mass is 79.9. The fourth-order valence-electron chi connectivity index (χ4n) is 6.25. The molecule has 212 valence electrons. The Morgan fingerprint density at radius 1 is 1.18 bits per heavy atom. The van der Waals surface area contributed by atoms with Crippen LogP contribution in [-0.4, -0.2) is 57.7 Å². The van der Waals surface area contributed by atoms with Crippen LogP contribution in [0.15, 0.2) is 33.3 Å². The summed E-state index contributed by atoms with van der Waals surface area (Å²) in [7, 11) is 0. The van der Waals surface area contributed by atoms with Crippen LogP contribution < -0.4 is 5.73 Å². The molecule has 1 aromatic heterocycles. The van der Waals surface area contributed by atoms with Crippen LogP contribution in [0.2, 0.25) is 5.02 Å². The smallest absolute Gasteiger partial charge is 0.316 e. The zero-order valence-corrected chi connectivity index (χ0v) is 26.4. The van der Waals surface area contributed by atoms with Crippen LogP contribution >= 0.6 is 43.5 Å². The zero-order chi connectivity index (χ0) is 28.3. The van der Waals surface area contributed by atoms with E-state index >= 15 is 0 Å². The van der Waals surface area contributed by atoms with E-state index < -0.39 is 12.3 Å². The van der Waals surface area contributed by atoms with Crippen molar-refractivity contribution in [3.8, 4) is 0 Å². The lowest BCUT2D eigenvalue weighted by Crippen LogP contribution is -2.49. The first kappa shape index (κ1) is 30.3. The van der Waals surface area contributed by atoms with Gasteiger partial charge < -0.3 is 15.7 Å². The third-order valence-corrected chi connectivity index (χ3v) is 9.49. The summed E-state index contributed by atoms with van der Waals surface area (Å²) in [6.45, 7) is 6.05. The fourth-order valence-corrected chi connectivity index (χ4v) is 7.82. The molecule has 2 saturated heterocycles. The van der Waals surface area contributed by atoms with Crippen molar-refractivity contribution in [1.82, 2.24) is 14.8 Å². The number of likely N-dealkylation sites (tertiary alicyclic amines) is 2. The number of carbonyl (C=O) groups is 2. The van der Waals surface area contributed by atoms with Crippen molar-refractivity contribution in [3.05, 3.63) is 60.7 Å². The minimum Gasteiger partial charge on any atom is -0.373 e. The highest BCUT2D eigenvalue weighted by molar-refractivity contribution is 9.10. The van der Waals surface area contributed by atoms with Crippen LogP contribution in [0.1, 0.15) is 73.8 Å². The number of rotatable bonds is 7. The Kier molecular flexibility index (Phi) is 10.3. The highest BCUT2D eigenvalue weighted by Gasteiger charge is 2.36. The molecule has 39 heavy (non-hydrogen) atoms. The van der Waals surface area contributed by atoms with Gasteiger partial charge >= 0.3 is 6.03 Å². The number of aryl methyl sites for hydroxylation is 2. The van der Waals surface area contributed by atoms with E-state index in [1.165, 1.54) is 16.0 Å². The van der Waals surface area contributed by atoms with E-state index in [1.54, 1.807) is 0 Å². The summed E-state index contributed by atoms with van der Waals surface area (Å²) in [6, 6.07) is 5.57. The van der Waals surface area contributed by atoms with Gasteiger partial charge in [0.1, 0.15) is 6.23 Å². The number of hydrogen-bond acceptors (Lipinski definition) is 4. The number of nitrogens with zero attached hydrogens (tertiary/aromatic N) is 3. The van der Waals surface area contributed by atoms with Crippen molar-refractivity contribution in [2.75, 3.05) is 19.6 Å². The molecule has 2 aromatic rings. The number of benzene rings is 1. The number of aliphatic hydroxyl groups excluding tert-OH is 1. The standard InChI is InChI=1S/C29H37Br2ClN4O3/c1-3-4-20-14-22(32)15-23(31)26(20)27(28-17(2)11-21(30)16-34-28)19-6-8-35(9-7-19)24(37)12-18-5-10-36(29(33)39)25(38)13-18/h11,14-16,18-19,25,27,38H,3-10,12-13H2,1-2H3,(H2,33,39). The Labute approximate surface area is 252 Å². The Morgan fingerprint density at radius 2 is 1.90 bits per heavy atom. The van der Waals surface area contributed by atoms with Gasteiger partial charge in [-0.25, -0.2) is 4.79 Å². The number of urea groups is 1. The topological polar surface area (TPSA) is 99.8 Å². The van der Waals surface area contributed by atoms with Crippen molar-refractivity contribution in [3.63, 3.8) is 0 Å². The SMILES string of the molecule is CCCc1cc(Cl)cc(Br)c1C(c1ncc(Br)cc1C)C1CCN(C(=O)CC2CCN(C(N)=O)C(O)C2)CC1. The number of piperidine rings is 2. The second-order valence-electron chi connectivity index (χ2n) is 10.9. The van der Waals surface area contributed by atoms with Gasteiger partial charge in [0.2, 0.25) is 5.91 Å². The summed E-state index contributed by atoms with van der Waals surface area (Å²) in [5, 5.41) is 11.0. The third kappa shape index (κ3) is 7.16.